The van der Waals surface area contributed by atoms with E-state index >= 15 is 33.6 Å². The van der Waals surface area contributed by atoms with Crippen LogP contribution < -0.4 is 97.8 Å². The van der Waals surface area contributed by atoms with Gasteiger partial charge >= 0.3 is 5.97 Å². The lowest BCUT2D eigenvalue weighted by Gasteiger charge is -2.30. The Morgan fingerprint density at radius 1 is 0.354 bits per heavy atom. The summed E-state index contributed by atoms with van der Waals surface area (Å²) in [6.45, 7) is 14.9. The van der Waals surface area contributed by atoms with Crippen LogP contribution in [0, 0.1) is 34.5 Å². The number of unbranched alkanes of at least 4 members (excludes halogenated alkanes) is 2. The van der Waals surface area contributed by atoms with E-state index in [0.717, 1.165) is 10.9 Å². The maximum Gasteiger partial charge on any atom is 0.326 e. The van der Waals surface area contributed by atoms with Crippen LogP contribution in [0.4, 0.5) is 0 Å². The van der Waals surface area contributed by atoms with Crippen molar-refractivity contribution in [2.24, 2.45) is 52.3 Å². The summed E-state index contributed by atoms with van der Waals surface area (Å²) in [7, 11) is 0. The molecule has 4 heterocycles. The van der Waals surface area contributed by atoms with Crippen molar-refractivity contribution in [2.45, 2.75) is 231 Å². The number of aromatic amines is 4. The van der Waals surface area contributed by atoms with Crippen molar-refractivity contribution in [1.82, 2.24) is 89.1 Å². The SMILES string of the molecule is CC[C@H](C)[C@H](N)C(=O)N[C@@H](CC(C)C)C(=O)N[C@@H](CCCCN)C(=O)N[C@@H](Cc1c[nH]c2ccccc12)C(=O)N[C@H](C(=O)N[C@@H](Cc1c[nH]c2ccccc12)C(=O)N[C@@H](Cc1c[nH]c2ccccc12)C(=O)N[C@H](C(=O)N[C@@H](Cc1c[nH]c2ccccc12)C(=O)N[C@@H](CCCNC(=N)N)C(=O)N[C@@H](CCCNC(=N)N)C(=O)N[C@@H](CCCCN)C(=O)O)C(C)C)C(C)C. The first-order valence-electron chi connectivity index (χ1n) is 43.8. The number of carboxylic acid groups (broad SMARTS) is 1. The molecule has 0 fully saturated rings. The van der Waals surface area contributed by atoms with Gasteiger partial charge in [-0.1, -0.05) is 135 Å². The van der Waals surface area contributed by atoms with Crippen LogP contribution in [0.3, 0.4) is 0 Å². The summed E-state index contributed by atoms with van der Waals surface area (Å²) >= 11 is 0. The number of para-hydroxylation sites is 4. The van der Waals surface area contributed by atoms with Gasteiger partial charge in [0.2, 0.25) is 65.0 Å². The topological polar surface area (TPSA) is 622 Å². The Kier molecular flexibility index (Phi) is 38.5. The molecular formula is C90H130N24O13. The predicted molar refractivity (Wildman–Crippen MR) is 488 cm³/mol. The van der Waals surface area contributed by atoms with E-state index in [1.54, 1.807) is 82.8 Å². The molecule has 0 aliphatic heterocycles. The smallest absolute Gasteiger partial charge is 0.326 e. The van der Waals surface area contributed by atoms with E-state index in [4.69, 9.17) is 39.5 Å². The molecule has 37 nitrogen and oxygen atoms in total. The number of carboxylic acids is 1. The number of guanidine groups is 2. The zero-order chi connectivity index (χ0) is 92.6. The molecule has 4 aromatic heterocycles. The number of carbonyl (C=O) groups is 12. The fourth-order valence-electron chi connectivity index (χ4n) is 15.2. The van der Waals surface area contributed by atoms with Crippen LogP contribution in [0.1, 0.15) is 155 Å². The molecule has 0 bridgehead atoms. The monoisotopic (exact) mass is 1760 g/mol. The molecular weight excluding hydrogens is 1630 g/mol. The molecule has 8 rings (SSSR count). The number of aliphatic carboxylic acids is 1. The lowest BCUT2D eigenvalue weighted by atomic mass is 9.97. The zero-order valence-corrected chi connectivity index (χ0v) is 73.7. The van der Waals surface area contributed by atoms with E-state index in [1.807, 2.05) is 94.4 Å². The molecule has 0 aliphatic rings. The van der Waals surface area contributed by atoms with Crippen LogP contribution >= 0.6 is 0 Å². The maximum atomic E-state index is 15.8. The highest BCUT2D eigenvalue weighted by atomic mass is 16.4. The molecule has 4 aromatic carbocycles. The molecule has 127 heavy (non-hydrogen) atoms. The average Bonchev–Trinajstić information content (AvgIpc) is 1.71. The summed E-state index contributed by atoms with van der Waals surface area (Å²) in [5, 5.41) is 64.8. The molecule has 0 radical (unpaired) electrons. The number of carbonyl (C=O) groups excluding carboxylic acids is 11. The summed E-state index contributed by atoms with van der Waals surface area (Å²) in [5.41, 5.74) is 34.2. The molecule has 13 atom stereocenters. The number of hydrogen-bond donors (Lipinski definition) is 25. The molecule has 688 valence electrons. The van der Waals surface area contributed by atoms with E-state index in [2.05, 4.69) is 89.1 Å². The van der Waals surface area contributed by atoms with Crippen molar-refractivity contribution in [3.8, 4) is 0 Å². The number of aromatic nitrogens is 4. The minimum absolute atomic E-state index is 0.0232. The number of rotatable bonds is 53. The number of amides is 11. The van der Waals surface area contributed by atoms with Crippen LogP contribution in [0.25, 0.3) is 43.6 Å². The highest BCUT2D eigenvalue weighted by Gasteiger charge is 2.40. The van der Waals surface area contributed by atoms with Gasteiger partial charge in [-0.2, -0.15) is 0 Å². The quantitative estimate of drug-likeness (QED) is 0.0148. The van der Waals surface area contributed by atoms with Gasteiger partial charge < -0.3 is 123 Å². The molecule has 0 saturated heterocycles. The minimum Gasteiger partial charge on any atom is -0.480 e. The lowest BCUT2D eigenvalue weighted by molar-refractivity contribution is -0.142. The van der Waals surface area contributed by atoms with Crippen molar-refractivity contribution in [2.75, 3.05) is 26.2 Å². The Labute approximate surface area is 738 Å². The first-order chi connectivity index (χ1) is 60.7. The number of H-pyrrole nitrogens is 4. The first-order valence-corrected chi connectivity index (χ1v) is 43.8. The number of nitrogens with one attached hydrogen (secondary N) is 19. The fourth-order valence-corrected chi connectivity index (χ4v) is 15.2. The summed E-state index contributed by atoms with van der Waals surface area (Å²) in [5.74, 6) is -12.6. The van der Waals surface area contributed by atoms with Crippen molar-refractivity contribution in [3.63, 3.8) is 0 Å². The molecule has 8 aromatic rings. The third-order valence-corrected chi connectivity index (χ3v) is 22.7. The van der Waals surface area contributed by atoms with Gasteiger partial charge in [0, 0.05) is 107 Å². The molecule has 0 unspecified atom stereocenters. The Balaban J connectivity index is 1.11. The molecule has 30 N–H and O–H groups in total. The molecule has 0 saturated carbocycles. The van der Waals surface area contributed by atoms with E-state index in [9.17, 15) is 29.1 Å². The second-order valence-corrected chi connectivity index (χ2v) is 33.7. The lowest BCUT2D eigenvalue weighted by Crippen LogP contribution is -2.62. The van der Waals surface area contributed by atoms with Crippen LogP contribution in [-0.4, -0.2) is 207 Å². The second-order valence-electron chi connectivity index (χ2n) is 33.7. The summed E-state index contributed by atoms with van der Waals surface area (Å²) in [4.78, 5) is 191. The van der Waals surface area contributed by atoms with Crippen molar-refractivity contribution >= 4 is 126 Å². The Morgan fingerprint density at radius 3 is 0.921 bits per heavy atom. The van der Waals surface area contributed by atoms with Crippen molar-refractivity contribution in [1.29, 1.82) is 10.8 Å². The van der Waals surface area contributed by atoms with Crippen LogP contribution in [0.5, 0.6) is 0 Å². The van der Waals surface area contributed by atoms with Crippen LogP contribution in [0.2, 0.25) is 0 Å². The Bertz CT molecular complexity index is 5070. The van der Waals surface area contributed by atoms with Gasteiger partial charge in [0.25, 0.3) is 0 Å². The third kappa shape index (κ3) is 29.6. The minimum atomic E-state index is -1.54. The normalized spacial score (nSPS) is 14.6. The van der Waals surface area contributed by atoms with Gasteiger partial charge in [-0.25, -0.2) is 4.79 Å². The van der Waals surface area contributed by atoms with E-state index < -0.39 is 155 Å². The summed E-state index contributed by atoms with van der Waals surface area (Å²) in [6.07, 6.45) is 8.62. The predicted octanol–water partition coefficient (Wildman–Crippen LogP) is 2.82. The highest BCUT2D eigenvalue weighted by molar-refractivity contribution is 6.01. The molecule has 37 heteroatoms. The average molecular weight is 1760 g/mol. The molecule has 11 amide bonds. The standard InChI is InChI=1S/C90H130N24O13/c1-9-52(8)74(93)85(123)110-69(40-49(2)3)80(118)105-65(32-18-20-36-91)79(117)108-72(43-55-47-102-63-30-16-12-26-59(55)63)83(121)113-76(51(6)7)87(125)112-71(42-54-46-101-62-29-15-11-25-58(54)62)82(120)109-73(44-56-48-103-64-31-17-13-27-60(56)64)84(122)114-75(50(4)5)86(124)111-70(41-53-45-100-61-28-14-10-24-57(53)61)81(119)106-66(34-22-38-98-89(94)95)77(115)104-67(35-23-39-99-90(96)97)78(116)107-68(88(126)127)33-19-21-37-92/h10-17,24-31,45-52,65-76,100-103H,9,18-23,32-44,91-93H2,1-8H3,(H,104,115)(H,105,118)(H,106,119)(H,107,116)(H,108,117)(H,109,120)(H,110,123)(H,111,124)(H,112,125)(H,113,121)(H,114,122)(H,126,127)(H4,94,95,98)(H4,96,97,99)/t52-,65-,66-,67-,68-,69-,70-,71-,72-,73-,74-,75-,76-/m0/s1. The largest absolute Gasteiger partial charge is 0.480 e. The number of benzene rings is 4. The van der Waals surface area contributed by atoms with Crippen LogP contribution in [-0.2, 0) is 83.2 Å². The first kappa shape index (κ1) is 99.5. The van der Waals surface area contributed by atoms with Crippen molar-refractivity contribution < 1.29 is 62.6 Å². The Morgan fingerprint density at radius 2 is 0.622 bits per heavy atom. The number of nitrogens with two attached hydrogens (primary N) is 5. The Hall–Kier alpha value is -12.9. The van der Waals surface area contributed by atoms with Crippen molar-refractivity contribution in [3.05, 3.63) is 144 Å². The molecule has 0 spiro atoms. The third-order valence-electron chi connectivity index (χ3n) is 22.7. The highest BCUT2D eigenvalue weighted by Crippen LogP contribution is 2.26. The van der Waals surface area contributed by atoms with Gasteiger partial charge in [0.1, 0.15) is 66.5 Å². The second kappa shape index (κ2) is 49.1. The van der Waals surface area contributed by atoms with Gasteiger partial charge in [0.15, 0.2) is 11.9 Å². The van der Waals surface area contributed by atoms with E-state index in [1.165, 1.54) is 0 Å². The summed E-state index contributed by atoms with van der Waals surface area (Å²) in [6, 6.07) is 12.7. The number of hydrogen-bond acceptors (Lipinski definition) is 17. The summed E-state index contributed by atoms with van der Waals surface area (Å²) < 4.78 is 0. The van der Waals surface area contributed by atoms with Gasteiger partial charge in [-0.05, 0) is 154 Å². The van der Waals surface area contributed by atoms with Crippen LogP contribution in [0.15, 0.2) is 122 Å². The maximum absolute atomic E-state index is 15.8. The van der Waals surface area contributed by atoms with Gasteiger partial charge in [0.05, 0.1) is 6.04 Å². The van der Waals surface area contributed by atoms with E-state index in [0.29, 0.717) is 87.1 Å². The van der Waals surface area contributed by atoms with E-state index in [-0.39, 0.29) is 121 Å². The van der Waals surface area contributed by atoms with Gasteiger partial charge in [-0.15, -0.1) is 0 Å². The molecule has 0 aliphatic carbocycles. The number of fused-ring (bicyclic) bond motifs is 4. The van der Waals surface area contributed by atoms with Gasteiger partial charge in [-0.3, -0.25) is 63.6 Å². The zero-order valence-electron chi connectivity index (χ0n) is 73.7. The fraction of sp³-hybridized carbons (Fsp3) is 0.489.